The first-order valence-electron chi connectivity index (χ1n) is 27.1. The minimum Gasteiger partial charge on any atom is -0.355 e. The predicted molar refractivity (Wildman–Crippen MR) is 281 cm³/mol. The smallest absolute Gasteiger partial charge is 0.146 e. The van der Waals surface area contributed by atoms with Gasteiger partial charge in [0.2, 0.25) is 0 Å². The van der Waals surface area contributed by atoms with Gasteiger partial charge in [0.1, 0.15) is 13.6 Å². The molecule has 8 atom stereocenters. The van der Waals surface area contributed by atoms with Crippen molar-refractivity contribution in [3.05, 3.63) is 13.8 Å². The summed E-state index contributed by atoms with van der Waals surface area (Å²) in [5.41, 5.74) is 1.16. The van der Waals surface area contributed by atoms with Crippen LogP contribution in [0.2, 0.25) is 0 Å². The molecule has 0 aromatic carbocycles. The van der Waals surface area contributed by atoms with Crippen molar-refractivity contribution in [2.75, 3.05) is 40.0 Å². The number of hydrogen-bond acceptors (Lipinski definition) is 4. The van der Waals surface area contributed by atoms with E-state index in [0.717, 1.165) is 90.6 Å². The van der Waals surface area contributed by atoms with Gasteiger partial charge in [-0.05, 0) is 130 Å². The van der Waals surface area contributed by atoms with Crippen molar-refractivity contribution in [1.82, 2.24) is 0 Å². The summed E-state index contributed by atoms with van der Waals surface area (Å²) in [6.07, 6.45) is 15.6. The molecule has 1 heterocycles. The van der Waals surface area contributed by atoms with E-state index in [4.69, 9.17) is 32.8 Å². The SMILES string of the molecule is [CH2-]CC1C(CCC)C(C(C)(C)C(C)(C)C)CCCOCOCCCC(C(C)(C)C(C)(C)C)C(CCC)C(C[CH2-])C(C(C)(C)C(C)(C)C)CCCOCOCCCC1C(C)(C)C(C)(C)C.[Y].[Y]. The van der Waals surface area contributed by atoms with Gasteiger partial charge in [-0.15, -0.1) is 0 Å². The second-order valence-electron chi connectivity index (χ2n) is 27.6. The van der Waals surface area contributed by atoms with Gasteiger partial charge in [0, 0.05) is 91.8 Å². The molecule has 0 bridgehead atoms. The maximum Gasteiger partial charge on any atom is 0.146 e. The summed E-state index contributed by atoms with van der Waals surface area (Å²) >= 11 is 0. The Bertz CT molecular complexity index is 1150. The monoisotopic (exact) mass is 1080 g/mol. The molecule has 4 nitrogen and oxygen atoms in total. The Balaban J connectivity index is 0. The molecular weight excluding hydrogens is 962 g/mol. The molecule has 0 aliphatic carbocycles. The van der Waals surface area contributed by atoms with Crippen molar-refractivity contribution in [3.63, 3.8) is 0 Å². The van der Waals surface area contributed by atoms with Crippen molar-refractivity contribution < 1.29 is 84.4 Å². The zero-order chi connectivity index (χ0) is 49.6. The Morgan fingerprint density at radius 2 is 0.545 bits per heavy atom. The molecule has 0 aromatic heterocycles. The molecule has 1 saturated heterocycles. The van der Waals surface area contributed by atoms with Gasteiger partial charge in [0.25, 0.3) is 0 Å². The number of ether oxygens (including phenoxy) is 4. The summed E-state index contributed by atoms with van der Waals surface area (Å²) in [5, 5.41) is 0. The van der Waals surface area contributed by atoms with Crippen LogP contribution in [0.1, 0.15) is 242 Å². The maximum absolute atomic E-state index is 6.37. The Morgan fingerprint density at radius 1 is 0.348 bits per heavy atom. The van der Waals surface area contributed by atoms with Crippen LogP contribution in [0.4, 0.5) is 0 Å². The Labute approximate surface area is 466 Å². The summed E-state index contributed by atoms with van der Waals surface area (Å²) in [5.74, 6) is 4.38. The van der Waals surface area contributed by atoms with Crippen LogP contribution < -0.4 is 0 Å². The number of rotatable bonds is 10. The quantitative estimate of drug-likeness (QED) is 0.204. The molecule has 0 aromatic rings. The largest absolute Gasteiger partial charge is 0.355 e. The average Bonchev–Trinajstić information content (AvgIpc) is 3.15. The minimum atomic E-state index is 0. The summed E-state index contributed by atoms with van der Waals surface area (Å²) < 4.78 is 25.4. The van der Waals surface area contributed by atoms with Gasteiger partial charge in [-0.2, -0.15) is 12.8 Å². The molecule has 0 saturated carbocycles. The molecule has 6 heteroatoms. The topological polar surface area (TPSA) is 36.9 Å². The molecular formula is C60H118O4Y2-2. The summed E-state index contributed by atoms with van der Waals surface area (Å²) in [6, 6.07) is 0. The summed E-state index contributed by atoms with van der Waals surface area (Å²) in [6.45, 7) is 68.1. The van der Waals surface area contributed by atoms with Crippen LogP contribution in [0.25, 0.3) is 0 Å². The van der Waals surface area contributed by atoms with E-state index in [1.807, 2.05) is 0 Å². The van der Waals surface area contributed by atoms with Crippen LogP contribution in [0.3, 0.4) is 0 Å². The van der Waals surface area contributed by atoms with Gasteiger partial charge in [-0.3, -0.25) is 0 Å². The van der Waals surface area contributed by atoms with Gasteiger partial charge in [-0.25, -0.2) is 0 Å². The van der Waals surface area contributed by atoms with Crippen LogP contribution in [0.15, 0.2) is 0 Å². The van der Waals surface area contributed by atoms with Crippen molar-refractivity contribution in [3.8, 4) is 0 Å². The molecule has 8 unspecified atom stereocenters. The van der Waals surface area contributed by atoms with Crippen LogP contribution in [0.5, 0.6) is 0 Å². The molecule has 1 aliphatic heterocycles. The first-order valence-corrected chi connectivity index (χ1v) is 27.1. The first kappa shape index (κ1) is 70.1. The van der Waals surface area contributed by atoms with E-state index in [9.17, 15) is 0 Å². The third-order valence-electron chi connectivity index (χ3n) is 20.1. The average molecular weight is 1080 g/mol. The molecule has 66 heavy (non-hydrogen) atoms. The predicted octanol–water partition coefficient (Wildman–Crippen LogP) is 18.4. The van der Waals surface area contributed by atoms with Crippen molar-refractivity contribution >= 4 is 0 Å². The zero-order valence-electron chi connectivity index (χ0n) is 49.0. The molecule has 2 radical (unpaired) electrons. The Hall–Kier alpha value is 2.05. The van der Waals surface area contributed by atoms with Crippen LogP contribution in [-0.4, -0.2) is 40.0 Å². The second kappa shape index (κ2) is 30.4. The first-order chi connectivity index (χ1) is 29.2. The van der Waals surface area contributed by atoms with Gasteiger partial charge >= 0.3 is 0 Å². The van der Waals surface area contributed by atoms with Crippen molar-refractivity contribution in [2.24, 2.45) is 90.7 Å². The van der Waals surface area contributed by atoms with E-state index in [-0.39, 0.29) is 109 Å². The van der Waals surface area contributed by atoms with E-state index < -0.39 is 0 Å². The van der Waals surface area contributed by atoms with Crippen LogP contribution in [-0.2, 0) is 84.4 Å². The standard InChI is InChI=1S/C60H118O4.2Y/c1-25-33-47-45(27-3)49(57(17,18)53(5,6)7)35-29-39-61-43-62-40-30-36-50(58(19,20)54(8,9)10)46(28-4)48(34-26-2)52(60(23,24)56(14,15)16)38-32-42-64-44-63-41-31-37-51(47)59(21,22)55(11,12)13;;/h45-52H,3-4,25-44H2,1-2,5-24H3;;/q-2;;. The summed E-state index contributed by atoms with van der Waals surface area (Å²) in [7, 11) is 0. The fourth-order valence-corrected chi connectivity index (χ4v) is 12.2. The van der Waals surface area contributed by atoms with E-state index in [1.54, 1.807) is 0 Å². The molecule has 0 spiro atoms. The van der Waals surface area contributed by atoms with Gasteiger partial charge in [-0.1, -0.05) is 190 Å². The Kier molecular flexibility index (Phi) is 32.3. The van der Waals surface area contributed by atoms with Crippen molar-refractivity contribution in [2.45, 2.75) is 242 Å². The maximum atomic E-state index is 6.37. The fourth-order valence-electron chi connectivity index (χ4n) is 12.2. The molecule has 1 rings (SSSR count). The van der Waals surface area contributed by atoms with Gasteiger partial charge < -0.3 is 32.8 Å². The third-order valence-corrected chi connectivity index (χ3v) is 20.1. The number of hydrogen-bond donors (Lipinski definition) is 0. The minimum absolute atomic E-state index is 0. The molecule has 1 aliphatic rings. The van der Waals surface area contributed by atoms with E-state index in [2.05, 4.69) is 152 Å². The zero-order valence-corrected chi connectivity index (χ0v) is 54.6. The Morgan fingerprint density at radius 3 is 0.712 bits per heavy atom. The van der Waals surface area contributed by atoms with E-state index >= 15 is 0 Å². The second-order valence-corrected chi connectivity index (χ2v) is 27.6. The molecule has 390 valence electrons. The van der Waals surface area contributed by atoms with Gasteiger partial charge in [0.05, 0.1) is 0 Å². The summed E-state index contributed by atoms with van der Waals surface area (Å²) in [4.78, 5) is 0. The third kappa shape index (κ3) is 19.4. The molecule has 0 amide bonds. The van der Waals surface area contributed by atoms with E-state index in [1.165, 1.54) is 25.7 Å². The van der Waals surface area contributed by atoms with E-state index in [0.29, 0.717) is 60.9 Å². The van der Waals surface area contributed by atoms with Gasteiger partial charge in [0.15, 0.2) is 0 Å². The van der Waals surface area contributed by atoms with Crippen LogP contribution in [0, 0.1) is 105 Å². The fraction of sp³-hybridized carbons (Fsp3) is 0.967. The molecule has 0 N–H and O–H groups in total. The van der Waals surface area contributed by atoms with Crippen molar-refractivity contribution in [1.29, 1.82) is 0 Å². The van der Waals surface area contributed by atoms with Crippen LogP contribution >= 0.6 is 0 Å². The normalized spacial score (nSPS) is 27.6. The molecule has 1 fully saturated rings.